The zero-order chi connectivity index (χ0) is 19.7. The number of rotatable bonds is 7. The summed E-state index contributed by atoms with van der Waals surface area (Å²) in [5.41, 5.74) is 1.57. The summed E-state index contributed by atoms with van der Waals surface area (Å²) >= 11 is 0. The van der Waals surface area contributed by atoms with Gasteiger partial charge in [0, 0.05) is 31.0 Å². The number of aromatic nitrogens is 3. The summed E-state index contributed by atoms with van der Waals surface area (Å²) in [5.74, 6) is 1.34. The third kappa shape index (κ3) is 3.33. The molecule has 4 heterocycles. The highest BCUT2D eigenvalue weighted by atomic mass is 16.3. The fraction of sp³-hybridized carbons (Fsp3) is 0.350. The van der Waals surface area contributed by atoms with Gasteiger partial charge in [-0.2, -0.15) is 5.10 Å². The van der Waals surface area contributed by atoms with Crippen molar-refractivity contribution < 1.29 is 13.6 Å². The number of nitrogens with zero attached hydrogens (tertiary/aromatic N) is 3. The molecule has 146 valence electrons. The van der Waals surface area contributed by atoms with Crippen molar-refractivity contribution in [2.45, 2.75) is 45.7 Å². The molecule has 0 aliphatic heterocycles. The minimum Gasteiger partial charge on any atom is -0.469 e. The summed E-state index contributed by atoms with van der Waals surface area (Å²) in [6.45, 7) is 3.76. The zero-order valence-electron chi connectivity index (χ0n) is 15.8. The van der Waals surface area contributed by atoms with Crippen LogP contribution in [0.25, 0.3) is 16.6 Å². The molecule has 0 radical (unpaired) electrons. The number of hydrogen-bond donors (Lipinski definition) is 1. The van der Waals surface area contributed by atoms with Crippen LogP contribution in [0.4, 0.5) is 0 Å². The van der Waals surface area contributed by atoms with Crippen molar-refractivity contribution in [3.63, 3.8) is 0 Å². The van der Waals surface area contributed by atoms with Gasteiger partial charge in [-0.3, -0.25) is 14.0 Å². The van der Waals surface area contributed by atoms with Crippen LogP contribution in [0.2, 0.25) is 0 Å². The lowest BCUT2D eigenvalue weighted by atomic mass is 10.1. The molecule has 1 N–H and O–H groups in total. The molecule has 0 bridgehead atoms. The van der Waals surface area contributed by atoms with Gasteiger partial charge in [0.05, 0.1) is 18.0 Å². The van der Waals surface area contributed by atoms with Gasteiger partial charge in [-0.15, -0.1) is 0 Å². The lowest BCUT2D eigenvalue weighted by Gasteiger charge is -2.14. The molecule has 0 aromatic carbocycles. The molecule has 1 unspecified atom stereocenters. The predicted molar refractivity (Wildman–Crippen MR) is 103 cm³/mol. The van der Waals surface area contributed by atoms with Gasteiger partial charge in [0.25, 0.3) is 5.56 Å². The lowest BCUT2D eigenvalue weighted by Crippen LogP contribution is -2.39. The lowest BCUT2D eigenvalue weighted by molar-refractivity contribution is -0.122. The number of amides is 1. The first-order valence-electron chi connectivity index (χ1n) is 9.37. The highest BCUT2D eigenvalue weighted by molar-refractivity contribution is 5.82. The highest BCUT2D eigenvalue weighted by Gasteiger charge is 2.17. The summed E-state index contributed by atoms with van der Waals surface area (Å²) < 4.78 is 13.7. The molecular formula is C20H22N4O4. The normalized spacial score (nSPS) is 12.6. The van der Waals surface area contributed by atoms with Crippen molar-refractivity contribution in [1.29, 1.82) is 0 Å². The summed E-state index contributed by atoms with van der Waals surface area (Å²) in [4.78, 5) is 25.2. The van der Waals surface area contributed by atoms with Crippen molar-refractivity contribution in [3.05, 3.63) is 58.7 Å². The third-order valence-corrected chi connectivity index (χ3v) is 4.79. The van der Waals surface area contributed by atoms with E-state index in [1.54, 1.807) is 29.1 Å². The van der Waals surface area contributed by atoms with Gasteiger partial charge in [-0.1, -0.05) is 6.92 Å². The molecule has 0 fully saturated rings. The van der Waals surface area contributed by atoms with Crippen LogP contribution in [-0.2, 0) is 24.2 Å². The monoisotopic (exact) mass is 382 g/mol. The summed E-state index contributed by atoms with van der Waals surface area (Å²) in [7, 11) is 0. The van der Waals surface area contributed by atoms with Crippen LogP contribution < -0.4 is 10.9 Å². The Morgan fingerprint density at radius 3 is 2.86 bits per heavy atom. The summed E-state index contributed by atoms with van der Waals surface area (Å²) in [5, 5.41) is 7.32. The number of nitrogens with one attached hydrogen (secondary N) is 1. The van der Waals surface area contributed by atoms with E-state index in [0.717, 1.165) is 24.1 Å². The van der Waals surface area contributed by atoms with Crippen LogP contribution in [0.3, 0.4) is 0 Å². The average molecular weight is 382 g/mol. The third-order valence-electron chi connectivity index (χ3n) is 4.79. The van der Waals surface area contributed by atoms with Crippen molar-refractivity contribution in [1.82, 2.24) is 19.5 Å². The minimum atomic E-state index is -0.318. The number of carbonyl (C=O) groups is 1. The average Bonchev–Trinajstić information content (AvgIpc) is 3.39. The molecule has 4 aromatic rings. The maximum absolute atomic E-state index is 12.8. The molecule has 1 amide bonds. The first-order chi connectivity index (χ1) is 13.6. The van der Waals surface area contributed by atoms with E-state index in [9.17, 15) is 9.59 Å². The van der Waals surface area contributed by atoms with Crippen LogP contribution in [0.15, 0.2) is 50.4 Å². The van der Waals surface area contributed by atoms with Crippen LogP contribution in [0.5, 0.6) is 0 Å². The molecule has 8 nitrogen and oxygen atoms in total. The van der Waals surface area contributed by atoms with Gasteiger partial charge >= 0.3 is 0 Å². The Labute approximate surface area is 160 Å². The molecule has 28 heavy (non-hydrogen) atoms. The van der Waals surface area contributed by atoms with Gasteiger partial charge in [0.1, 0.15) is 23.6 Å². The molecule has 1 atom stereocenters. The van der Waals surface area contributed by atoms with Gasteiger partial charge < -0.3 is 14.2 Å². The molecule has 4 aromatic heterocycles. The van der Waals surface area contributed by atoms with Crippen LogP contribution in [0, 0.1) is 0 Å². The predicted octanol–water partition coefficient (Wildman–Crippen LogP) is 2.54. The van der Waals surface area contributed by atoms with E-state index in [1.165, 1.54) is 4.68 Å². The molecule has 0 aliphatic carbocycles. The van der Waals surface area contributed by atoms with E-state index >= 15 is 0 Å². The maximum atomic E-state index is 12.8. The Hall–Kier alpha value is -3.29. The Morgan fingerprint density at radius 2 is 2.11 bits per heavy atom. The second-order valence-corrected chi connectivity index (χ2v) is 6.85. The Kier molecular flexibility index (Phi) is 4.77. The maximum Gasteiger partial charge on any atom is 0.291 e. The smallest absolute Gasteiger partial charge is 0.291 e. The van der Waals surface area contributed by atoms with Gasteiger partial charge in [-0.25, -0.2) is 4.68 Å². The van der Waals surface area contributed by atoms with Gasteiger partial charge in [-0.05, 0) is 25.5 Å². The van der Waals surface area contributed by atoms with E-state index in [2.05, 4.69) is 10.4 Å². The number of carbonyl (C=O) groups excluding carboxylic acids is 1. The minimum absolute atomic E-state index is 0.0432. The SMILES string of the molecule is CCc1nn(CC(=O)NC(C)CCc2ccco2)c(=O)c2cc3occc3n12. The van der Waals surface area contributed by atoms with Crippen molar-refractivity contribution in [3.8, 4) is 0 Å². The fourth-order valence-corrected chi connectivity index (χ4v) is 3.40. The molecule has 4 rings (SSSR count). The second kappa shape index (κ2) is 7.38. The van der Waals surface area contributed by atoms with E-state index in [1.807, 2.05) is 26.0 Å². The Bertz CT molecular complexity index is 1170. The topological polar surface area (TPSA) is 94.7 Å². The van der Waals surface area contributed by atoms with Crippen LogP contribution in [0.1, 0.15) is 31.9 Å². The Balaban J connectivity index is 1.51. The van der Waals surface area contributed by atoms with Crippen LogP contribution in [-0.4, -0.2) is 26.1 Å². The molecule has 0 aliphatic rings. The van der Waals surface area contributed by atoms with Crippen molar-refractivity contribution in [2.75, 3.05) is 0 Å². The number of furan rings is 2. The first-order valence-corrected chi connectivity index (χ1v) is 9.37. The first kappa shape index (κ1) is 18.1. The summed E-state index contributed by atoms with van der Waals surface area (Å²) in [6, 6.07) is 7.21. The number of aryl methyl sites for hydroxylation is 2. The quantitative estimate of drug-likeness (QED) is 0.530. The van der Waals surface area contributed by atoms with Gasteiger partial charge in [0.15, 0.2) is 5.58 Å². The van der Waals surface area contributed by atoms with E-state index in [4.69, 9.17) is 8.83 Å². The summed E-state index contributed by atoms with van der Waals surface area (Å²) in [6.07, 6.45) is 5.32. The second-order valence-electron chi connectivity index (χ2n) is 6.85. The number of hydrogen-bond acceptors (Lipinski definition) is 5. The van der Waals surface area contributed by atoms with Gasteiger partial charge in [0.2, 0.25) is 5.91 Å². The zero-order valence-corrected chi connectivity index (χ0v) is 15.8. The molecule has 0 saturated carbocycles. The van der Waals surface area contributed by atoms with E-state index in [-0.39, 0.29) is 24.1 Å². The molecule has 0 spiro atoms. The van der Waals surface area contributed by atoms with E-state index in [0.29, 0.717) is 23.3 Å². The Morgan fingerprint density at radius 1 is 1.25 bits per heavy atom. The van der Waals surface area contributed by atoms with E-state index < -0.39 is 0 Å². The standard InChI is InChI=1S/C20H22N4O4/c1-3-18-22-23(20(26)16-11-17-15(24(16)18)8-10-28-17)12-19(25)21-13(2)6-7-14-5-4-9-27-14/h4-5,8-11,13H,3,6-7,12H2,1-2H3,(H,21,25). The van der Waals surface area contributed by atoms with Crippen molar-refractivity contribution >= 4 is 22.5 Å². The van der Waals surface area contributed by atoms with Crippen molar-refractivity contribution in [2.24, 2.45) is 0 Å². The number of fused-ring (bicyclic) bond motifs is 3. The fourth-order valence-electron chi connectivity index (χ4n) is 3.40. The molecular weight excluding hydrogens is 360 g/mol. The highest BCUT2D eigenvalue weighted by Crippen LogP contribution is 2.20. The largest absolute Gasteiger partial charge is 0.469 e. The van der Waals surface area contributed by atoms with Crippen LogP contribution >= 0.6 is 0 Å². The molecule has 8 heteroatoms. The molecule has 0 saturated heterocycles.